The molecule has 1 aliphatic rings. The number of hydrogen-bond acceptors (Lipinski definition) is 4. The molecular weight excluding hydrogens is 380 g/mol. The summed E-state index contributed by atoms with van der Waals surface area (Å²) in [6, 6.07) is 21.5. The molecule has 0 spiro atoms. The van der Waals surface area contributed by atoms with Crippen LogP contribution >= 0.6 is 0 Å². The number of benzene rings is 2. The smallest absolute Gasteiger partial charge is 0.289 e. The second-order valence-electron chi connectivity index (χ2n) is 7.58. The molecule has 0 aliphatic carbocycles. The summed E-state index contributed by atoms with van der Waals surface area (Å²) >= 11 is 0. The molecule has 2 N–H and O–H groups in total. The van der Waals surface area contributed by atoms with Crippen molar-refractivity contribution in [2.45, 2.75) is 6.10 Å². The zero-order valence-corrected chi connectivity index (χ0v) is 16.9. The number of hydrogen-bond donors (Lipinski definition) is 2. The molecule has 1 atom stereocenters. The maximum atomic E-state index is 12.3. The third-order valence-corrected chi connectivity index (χ3v) is 5.42. The lowest BCUT2D eigenvalue weighted by Crippen LogP contribution is -3.16. The number of ether oxygens (including phenoxy) is 1. The topological polar surface area (TPSA) is 67.4 Å². The van der Waals surface area contributed by atoms with E-state index in [9.17, 15) is 9.90 Å². The number of nitrogens with one attached hydrogen (secondary N) is 1. The standard InChI is InChI=1S/C24H26N2O4/c27-21(17-25-12-14-26(15-13-25)24(28)23-7-4-16-29-23)18-30-22-10-8-20(9-11-22)19-5-2-1-3-6-19/h1-11,16,21,27H,12-15,17-18H2/p+1/t21-/m0/s1. The van der Waals surface area contributed by atoms with Gasteiger partial charge >= 0.3 is 0 Å². The predicted octanol–water partition coefficient (Wildman–Crippen LogP) is 1.73. The van der Waals surface area contributed by atoms with Gasteiger partial charge in [-0.15, -0.1) is 0 Å². The molecule has 4 rings (SSSR count). The Bertz CT molecular complexity index is 918. The molecule has 1 fully saturated rings. The van der Waals surface area contributed by atoms with Crippen LogP contribution in [0.25, 0.3) is 11.1 Å². The number of piperazine rings is 1. The van der Waals surface area contributed by atoms with Crippen molar-refractivity contribution in [1.82, 2.24) is 4.90 Å². The first kappa shape index (κ1) is 20.2. The Kier molecular flexibility index (Phi) is 6.47. The van der Waals surface area contributed by atoms with Gasteiger partial charge in [0, 0.05) is 0 Å². The van der Waals surface area contributed by atoms with Crippen LogP contribution in [0.1, 0.15) is 10.6 Å². The predicted molar refractivity (Wildman–Crippen MR) is 114 cm³/mol. The van der Waals surface area contributed by atoms with Crippen LogP contribution in [0.5, 0.6) is 5.75 Å². The summed E-state index contributed by atoms with van der Waals surface area (Å²) in [7, 11) is 0. The number of aliphatic hydroxyl groups excluding tert-OH is 1. The third kappa shape index (κ3) is 5.09. The molecule has 3 aromatic rings. The van der Waals surface area contributed by atoms with Gasteiger partial charge in [-0.05, 0) is 35.4 Å². The average Bonchev–Trinajstić information content (AvgIpc) is 3.34. The maximum absolute atomic E-state index is 12.3. The molecule has 2 aromatic carbocycles. The lowest BCUT2D eigenvalue weighted by molar-refractivity contribution is -0.907. The summed E-state index contributed by atoms with van der Waals surface area (Å²) in [4.78, 5) is 15.4. The van der Waals surface area contributed by atoms with Crippen LogP contribution in [-0.2, 0) is 0 Å². The zero-order valence-electron chi connectivity index (χ0n) is 16.9. The van der Waals surface area contributed by atoms with Crippen LogP contribution in [-0.4, -0.2) is 61.3 Å². The second kappa shape index (κ2) is 9.61. The SMILES string of the molecule is O=C(c1ccco1)N1CC[NH+](C[C@H](O)COc2ccc(-c3ccccc3)cc2)CC1. The molecule has 6 nitrogen and oxygen atoms in total. The molecule has 30 heavy (non-hydrogen) atoms. The van der Waals surface area contributed by atoms with Gasteiger partial charge in [0.15, 0.2) is 5.76 Å². The Morgan fingerprint density at radius 1 is 1.00 bits per heavy atom. The van der Waals surface area contributed by atoms with Gasteiger partial charge < -0.3 is 24.1 Å². The van der Waals surface area contributed by atoms with Crippen LogP contribution in [0.15, 0.2) is 77.4 Å². The van der Waals surface area contributed by atoms with Crippen molar-refractivity contribution >= 4 is 5.91 Å². The lowest BCUT2D eigenvalue weighted by Gasteiger charge is -2.32. The summed E-state index contributed by atoms with van der Waals surface area (Å²) in [5, 5.41) is 10.4. The van der Waals surface area contributed by atoms with Gasteiger partial charge in [-0.2, -0.15) is 0 Å². The summed E-state index contributed by atoms with van der Waals surface area (Å²) in [6.45, 7) is 3.77. The van der Waals surface area contributed by atoms with Crippen molar-refractivity contribution in [3.63, 3.8) is 0 Å². The van der Waals surface area contributed by atoms with Crippen molar-refractivity contribution in [2.75, 3.05) is 39.3 Å². The van der Waals surface area contributed by atoms with Crippen LogP contribution in [0.2, 0.25) is 0 Å². The minimum absolute atomic E-state index is 0.0677. The third-order valence-electron chi connectivity index (χ3n) is 5.42. The van der Waals surface area contributed by atoms with E-state index in [0.29, 0.717) is 25.4 Å². The van der Waals surface area contributed by atoms with E-state index in [1.807, 2.05) is 42.5 Å². The van der Waals surface area contributed by atoms with Gasteiger partial charge in [0.1, 0.15) is 25.0 Å². The number of carbonyl (C=O) groups is 1. The van der Waals surface area contributed by atoms with Crippen molar-refractivity contribution in [2.24, 2.45) is 0 Å². The van der Waals surface area contributed by atoms with Crippen LogP contribution < -0.4 is 9.64 Å². The molecule has 1 saturated heterocycles. The second-order valence-corrected chi connectivity index (χ2v) is 7.58. The minimum Gasteiger partial charge on any atom is -0.491 e. The first-order chi connectivity index (χ1) is 14.7. The van der Waals surface area contributed by atoms with Crippen LogP contribution in [0, 0.1) is 0 Å². The molecule has 1 aromatic heterocycles. The van der Waals surface area contributed by atoms with E-state index in [-0.39, 0.29) is 12.5 Å². The fourth-order valence-electron chi connectivity index (χ4n) is 3.75. The number of quaternary nitrogens is 1. The molecule has 0 radical (unpaired) electrons. The largest absolute Gasteiger partial charge is 0.491 e. The monoisotopic (exact) mass is 407 g/mol. The van der Waals surface area contributed by atoms with Gasteiger partial charge in [0.05, 0.1) is 32.4 Å². The highest BCUT2D eigenvalue weighted by Crippen LogP contribution is 2.22. The highest BCUT2D eigenvalue weighted by molar-refractivity contribution is 5.91. The van der Waals surface area contributed by atoms with Crippen LogP contribution in [0.3, 0.4) is 0 Å². The first-order valence-electron chi connectivity index (χ1n) is 10.3. The molecule has 0 bridgehead atoms. The Labute approximate surface area is 176 Å². The molecular formula is C24H27N2O4+. The van der Waals surface area contributed by atoms with Gasteiger partial charge in [-0.25, -0.2) is 0 Å². The Hall–Kier alpha value is -3.09. The van der Waals surface area contributed by atoms with Gasteiger partial charge in [-0.1, -0.05) is 42.5 Å². The molecule has 0 saturated carbocycles. The summed E-state index contributed by atoms with van der Waals surface area (Å²) in [5.74, 6) is 1.06. The molecule has 156 valence electrons. The number of aliphatic hydroxyl groups is 1. The van der Waals surface area contributed by atoms with E-state index in [4.69, 9.17) is 9.15 Å². The van der Waals surface area contributed by atoms with Gasteiger partial charge in [0.2, 0.25) is 0 Å². The van der Waals surface area contributed by atoms with E-state index in [0.717, 1.165) is 30.0 Å². The maximum Gasteiger partial charge on any atom is 0.289 e. The van der Waals surface area contributed by atoms with Crippen LogP contribution in [0.4, 0.5) is 0 Å². The molecule has 6 heteroatoms. The normalized spacial score (nSPS) is 15.7. The number of rotatable bonds is 7. The van der Waals surface area contributed by atoms with E-state index in [1.165, 1.54) is 11.2 Å². The molecule has 0 unspecified atom stereocenters. The summed E-state index contributed by atoms with van der Waals surface area (Å²) in [5.41, 5.74) is 2.30. The number of furan rings is 1. The average molecular weight is 407 g/mol. The number of carbonyl (C=O) groups excluding carboxylic acids is 1. The van der Waals surface area contributed by atoms with Gasteiger partial charge in [-0.3, -0.25) is 4.79 Å². The Balaban J connectivity index is 1.20. The summed E-state index contributed by atoms with van der Waals surface area (Å²) in [6.07, 6.45) is 0.960. The highest BCUT2D eigenvalue weighted by atomic mass is 16.5. The van der Waals surface area contributed by atoms with E-state index in [2.05, 4.69) is 12.1 Å². The van der Waals surface area contributed by atoms with E-state index in [1.54, 1.807) is 17.0 Å². The fourth-order valence-corrected chi connectivity index (χ4v) is 3.75. The van der Waals surface area contributed by atoms with E-state index < -0.39 is 6.10 Å². The molecule has 1 amide bonds. The molecule has 1 aliphatic heterocycles. The highest BCUT2D eigenvalue weighted by Gasteiger charge is 2.27. The Morgan fingerprint density at radius 2 is 1.70 bits per heavy atom. The number of nitrogens with zero attached hydrogens (tertiary/aromatic N) is 1. The van der Waals surface area contributed by atoms with Crippen molar-refractivity contribution in [3.05, 3.63) is 78.8 Å². The van der Waals surface area contributed by atoms with E-state index >= 15 is 0 Å². The van der Waals surface area contributed by atoms with Crippen molar-refractivity contribution in [1.29, 1.82) is 0 Å². The zero-order chi connectivity index (χ0) is 20.8. The van der Waals surface area contributed by atoms with Gasteiger partial charge in [0.25, 0.3) is 5.91 Å². The first-order valence-corrected chi connectivity index (χ1v) is 10.3. The fraction of sp³-hybridized carbons (Fsp3) is 0.292. The van der Waals surface area contributed by atoms with Crippen molar-refractivity contribution < 1.29 is 24.0 Å². The minimum atomic E-state index is -0.555. The quantitative estimate of drug-likeness (QED) is 0.626. The lowest BCUT2D eigenvalue weighted by atomic mass is 10.1. The van der Waals surface area contributed by atoms with Crippen molar-refractivity contribution in [3.8, 4) is 16.9 Å². The summed E-state index contributed by atoms with van der Waals surface area (Å²) < 4.78 is 11.0. The Morgan fingerprint density at radius 3 is 2.37 bits per heavy atom. The number of amides is 1. The molecule has 2 heterocycles.